The smallest absolute Gasteiger partial charge is 0.0311 e. The average Bonchev–Trinajstić information content (AvgIpc) is 0.722. The Morgan fingerprint density at radius 2 is 1.00 bits per heavy atom. The summed E-state index contributed by atoms with van der Waals surface area (Å²) in [4.78, 5) is 0. The van der Waals surface area contributed by atoms with Crippen LogP contribution in [0.3, 0.4) is 0 Å². The van der Waals surface area contributed by atoms with Crippen molar-refractivity contribution in [2.45, 2.75) is 0 Å². The van der Waals surface area contributed by atoms with Crippen LogP contribution in [0.25, 0.3) is 0 Å². The maximum atomic E-state index is 8.52. The summed E-state index contributed by atoms with van der Waals surface area (Å²) < 4.78 is 34.1. The van der Waals surface area contributed by atoms with E-state index in [1.165, 1.54) is 0 Å². The Bertz CT molecular complexity index is 92.9. The fraction of sp³-hybridized carbons (Fsp3) is 0. The standard InChI is InChI=1S/2Mn.H2O4S/c;;1-5(2,3)4/h;;(H2,1,2,3,4)/p-2. The third-order valence-corrected chi connectivity index (χ3v) is 0. The first-order valence-electron chi connectivity index (χ1n) is 0.667. The van der Waals surface area contributed by atoms with Crippen LogP contribution in [0.1, 0.15) is 0 Å². The summed E-state index contributed by atoms with van der Waals surface area (Å²) in [5.41, 5.74) is 0. The molecule has 0 amide bonds. The Kier molecular flexibility index (Phi) is 11.3. The number of rotatable bonds is 0. The van der Waals surface area contributed by atoms with Crippen LogP contribution in [0, 0.1) is 0 Å². The van der Waals surface area contributed by atoms with E-state index in [0.717, 1.165) is 0 Å². The molecule has 7 heteroatoms. The van der Waals surface area contributed by atoms with Crippen molar-refractivity contribution in [3.05, 3.63) is 0 Å². The predicted octanol–water partition coefficient (Wildman–Crippen LogP) is -1.34. The fourth-order valence-electron chi connectivity index (χ4n) is 0. The largest absolute Gasteiger partial charge is 0.759 e. The molecule has 0 rings (SSSR count). The molecule has 7 heavy (non-hydrogen) atoms. The van der Waals surface area contributed by atoms with Crippen molar-refractivity contribution >= 4 is 10.4 Å². The fourth-order valence-corrected chi connectivity index (χ4v) is 0. The molecule has 0 aromatic carbocycles. The van der Waals surface area contributed by atoms with Crippen LogP contribution in [0.5, 0.6) is 0 Å². The van der Waals surface area contributed by atoms with E-state index in [0.29, 0.717) is 0 Å². The Morgan fingerprint density at radius 1 is 1.00 bits per heavy atom. The minimum atomic E-state index is -5.17. The molecule has 0 aliphatic rings. The zero-order valence-electron chi connectivity index (χ0n) is 2.80. The van der Waals surface area contributed by atoms with E-state index in [4.69, 9.17) is 17.5 Å². The van der Waals surface area contributed by atoms with Gasteiger partial charge in [-0.15, -0.1) is 0 Å². The van der Waals surface area contributed by atoms with Crippen molar-refractivity contribution in [1.29, 1.82) is 0 Å². The van der Waals surface area contributed by atoms with E-state index in [1.54, 1.807) is 0 Å². The third-order valence-electron chi connectivity index (χ3n) is 0. The van der Waals surface area contributed by atoms with Gasteiger partial charge < -0.3 is 9.11 Å². The van der Waals surface area contributed by atoms with Crippen LogP contribution in [-0.4, -0.2) is 17.5 Å². The molecule has 2 radical (unpaired) electrons. The first-order chi connectivity index (χ1) is 2.00. The number of hydrogen-bond donors (Lipinski definition) is 0. The number of hydrogen-bond acceptors (Lipinski definition) is 4. The van der Waals surface area contributed by atoms with E-state index in [-0.39, 0.29) is 34.1 Å². The van der Waals surface area contributed by atoms with E-state index < -0.39 is 10.4 Å². The van der Waals surface area contributed by atoms with Crippen molar-refractivity contribution < 1.29 is 51.7 Å². The molecule has 0 unspecified atom stereocenters. The molecule has 0 fully saturated rings. The Balaban J connectivity index is -0.0000000800. The van der Waals surface area contributed by atoms with E-state index >= 15 is 0 Å². The van der Waals surface area contributed by atoms with Crippen LogP contribution < -0.4 is 0 Å². The van der Waals surface area contributed by atoms with E-state index in [2.05, 4.69) is 0 Å². The summed E-state index contributed by atoms with van der Waals surface area (Å²) in [6, 6.07) is 0. The molecule has 0 heterocycles. The zero-order valence-corrected chi connectivity index (χ0v) is 5.97. The molecule has 0 atom stereocenters. The van der Waals surface area contributed by atoms with Crippen molar-refractivity contribution in [3.8, 4) is 0 Å². The van der Waals surface area contributed by atoms with Crippen LogP contribution >= 0.6 is 0 Å². The van der Waals surface area contributed by atoms with Crippen molar-refractivity contribution in [2.75, 3.05) is 0 Å². The molecule has 0 aliphatic carbocycles. The van der Waals surface area contributed by atoms with Gasteiger partial charge in [0.2, 0.25) is 0 Å². The van der Waals surface area contributed by atoms with Crippen LogP contribution in [0.2, 0.25) is 0 Å². The van der Waals surface area contributed by atoms with Gasteiger partial charge in [0, 0.05) is 44.5 Å². The monoisotopic (exact) mass is 206 g/mol. The minimum Gasteiger partial charge on any atom is -0.759 e. The topological polar surface area (TPSA) is 80.3 Å². The maximum Gasteiger partial charge on any atom is 0.0311 e. The summed E-state index contributed by atoms with van der Waals surface area (Å²) in [6.07, 6.45) is 0. The van der Waals surface area contributed by atoms with Gasteiger partial charge >= 0.3 is 0 Å². The van der Waals surface area contributed by atoms with Crippen LogP contribution in [0.15, 0.2) is 0 Å². The first kappa shape index (κ1) is 15.7. The van der Waals surface area contributed by atoms with Crippen molar-refractivity contribution in [1.82, 2.24) is 0 Å². The maximum absolute atomic E-state index is 8.52. The molecule has 0 aromatic rings. The van der Waals surface area contributed by atoms with Gasteiger partial charge in [-0.1, -0.05) is 0 Å². The molecule has 0 saturated heterocycles. The summed E-state index contributed by atoms with van der Waals surface area (Å²) >= 11 is 0. The van der Waals surface area contributed by atoms with E-state index in [1.807, 2.05) is 0 Å². The third kappa shape index (κ3) is 202. The molecular weight excluding hydrogens is 206 g/mol. The normalized spacial score (nSPS) is 8.29. The summed E-state index contributed by atoms with van der Waals surface area (Å²) in [5, 5.41) is 0. The van der Waals surface area contributed by atoms with Crippen molar-refractivity contribution in [2.24, 2.45) is 0 Å². The van der Waals surface area contributed by atoms with Gasteiger partial charge in [-0.05, 0) is 0 Å². The summed E-state index contributed by atoms with van der Waals surface area (Å²) in [7, 11) is -5.17. The Hall–Kier alpha value is 0.909. The second kappa shape index (κ2) is 5.05. The molecule has 0 N–H and O–H groups in total. The average molecular weight is 206 g/mol. The molecule has 0 aromatic heterocycles. The SMILES string of the molecule is O=S(=O)([O-])[O-].[Mn].[Mn]. The van der Waals surface area contributed by atoms with Gasteiger partial charge in [-0.2, -0.15) is 0 Å². The van der Waals surface area contributed by atoms with Gasteiger partial charge in [0.15, 0.2) is 0 Å². The molecular formula is Mn2O4S-2. The molecule has 0 saturated carbocycles. The second-order valence-electron chi connectivity index (χ2n) is 0.408. The first-order valence-corrected chi connectivity index (χ1v) is 2.00. The Morgan fingerprint density at radius 3 is 1.00 bits per heavy atom. The van der Waals surface area contributed by atoms with Gasteiger partial charge in [-0.3, -0.25) is 8.42 Å². The molecule has 46 valence electrons. The molecule has 4 nitrogen and oxygen atoms in total. The van der Waals surface area contributed by atoms with Crippen LogP contribution in [-0.2, 0) is 44.5 Å². The van der Waals surface area contributed by atoms with Gasteiger partial charge in [0.05, 0.1) is 0 Å². The quantitative estimate of drug-likeness (QED) is 0.279. The minimum absolute atomic E-state index is 0. The van der Waals surface area contributed by atoms with Gasteiger partial charge in [-0.25, -0.2) is 0 Å². The summed E-state index contributed by atoms with van der Waals surface area (Å²) in [6.45, 7) is 0. The molecule has 0 spiro atoms. The van der Waals surface area contributed by atoms with Gasteiger partial charge in [0.1, 0.15) is 0 Å². The van der Waals surface area contributed by atoms with Gasteiger partial charge in [0.25, 0.3) is 0 Å². The van der Waals surface area contributed by atoms with Crippen molar-refractivity contribution in [3.63, 3.8) is 0 Å². The van der Waals surface area contributed by atoms with Crippen LogP contribution in [0.4, 0.5) is 0 Å². The summed E-state index contributed by atoms with van der Waals surface area (Å²) in [5.74, 6) is 0. The second-order valence-corrected chi connectivity index (χ2v) is 1.22. The Labute approximate surface area is 62.2 Å². The molecule has 0 aliphatic heterocycles. The van der Waals surface area contributed by atoms with E-state index in [9.17, 15) is 0 Å². The molecule has 0 bridgehead atoms. The zero-order chi connectivity index (χ0) is 4.50. The predicted molar refractivity (Wildman–Crippen MR) is 10.5 cm³/mol.